The predicted octanol–water partition coefficient (Wildman–Crippen LogP) is -1.14. The number of nitrogens with zero attached hydrogens (tertiary/aromatic N) is 3. The number of rotatable bonds is 3. The minimum atomic E-state index is -0.266. The maximum atomic E-state index is 11.7. The van der Waals surface area contributed by atoms with Crippen molar-refractivity contribution in [2.24, 2.45) is 5.73 Å². The van der Waals surface area contributed by atoms with Crippen molar-refractivity contribution in [3.63, 3.8) is 0 Å². The Bertz CT molecular complexity index is 461. The predicted molar refractivity (Wildman–Crippen MR) is 69.1 cm³/mol. The molecule has 2 heterocycles. The van der Waals surface area contributed by atoms with Gasteiger partial charge in [0, 0.05) is 26.2 Å². The van der Waals surface area contributed by atoms with Gasteiger partial charge in [-0.25, -0.2) is 4.98 Å². The summed E-state index contributed by atoms with van der Waals surface area (Å²) in [5, 5.41) is 0. The Morgan fingerprint density at radius 2 is 2.39 bits per heavy atom. The van der Waals surface area contributed by atoms with E-state index < -0.39 is 0 Å². The van der Waals surface area contributed by atoms with Gasteiger partial charge >= 0.3 is 0 Å². The van der Waals surface area contributed by atoms with E-state index in [1.54, 1.807) is 0 Å². The molecule has 1 atom stereocenters. The molecular formula is C11H19N5O2. The van der Waals surface area contributed by atoms with Gasteiger partial charge in [0.25, 0.3) is 5.56 Å². The minimum absolute atomic E-state index is 0.145. The summed E-state index contributed by atoms with van der Waals surface area (Å²) in [5.41, 5.74) is 5.53. The van der Waals surface area contributed by atoms with Gasteiger partial charge in [0.1, 0.15) is 0 Å². The van der Waals surface area contributed by atoms with Gasteiger partial charge < -0.3 is 25.3 Å². The first kappa shape index (κ1) is 12.8. The molecule has 1 aliphatic rings. The van der Waals surface area contributed by atoms with E-state index >= 15 is 0 Å². The second-order valence-corrected chi connectivity index (χ2v) is 4.43. The van der Waals surface area contributed by atoms with Crippen molar-refractivity contribution < 1.29 is 4.74 Å². The van der Waals surface area contributed by atoms with Crippen LogP contribution in [0.5, 0.6) is 5.75 Å². The molecule has 2 rings (SSSR count). The summed E-state index contributed by atoms with van der Waals surface area (Å²) < 4.78 is 5.15. The molecule has 0 aliphatic carbocycles. The summed E-state index contributed by atoms with van der Waals surface area (Å²) in [7, 11) is 3.53. The average Bonchev–Trinajstić information content (AvgIpc) is 2.38. The number of nitrogens with one attached hydrogen (secondary N) is 1. The normalized spacial score (nSPS) is 21.1. The Morgan fingerprint density at radius 1 is 1.61 bits per heavy atom. The lowest BCUT2D eigenvalue weighted by atomic mass is 10.1. The van der Waals surface area contributed by atoms with Crippen LogP contribution in [-0.2, 0) is 0 Å². The molecule has 7 heteroatoms. The number of aromatic nitrogens is 2. The molecule has 3 N–H and O–H groups in total. The molecule has 1 saturated heterocycles. The van der Waals surface area contributed by atoms with Gasteiger partial charge in [0.15, 0.2) is 5.82 Å². The first-order chi connectivity index (χ1) is 8.67. The number of likely N-dealkylation sites (N-methyl/N-ethyl adjacent to an activating group) is 1. The highest BCUT2D eigenvalue weighted by atomic mass is 16.5. The molecule has 0 bridgehead atoms. The molecule has 100 valence electrons. The lowest BCUT2D eigenvalue weighted by Crippen LogP contribution is -2.55. The van der Waals surface area contributed by atoms with E-state index in [9.17, 15) is 4.79 Å². The van der Waals surface area contributed by atoms with Crippen LogP contribution in [0, 0.1) is 0 Å². The zero-order valence-electron chi connectivity index (χ0n) is 10.7. The van der Waals surface area contributed by atoms with Gasteiger partial charge in [0.05, 0.1) is 19.5 Å². The number of anilines is 1. The highest BCUT2D eigenvalue weighted by Gasteiger charge is 2.28. The van der Waals surface area contributed by atoms with Gasteiger partial charge in [-0.15, -0.1) is 0 Å². The van der Waals surface area contributed by atoms with Crippen molar-refractivity contribution in [2.75, 3.05) is 45.2 Å². The molecule has 1 aliphatic heterocycles. The Hall–Kier alpha value is -1.60. The average molecular weight is 253 g/mol. The Labute approximate surface area is 106 Å². The van der Waals surface area contributed by atoms with Crippen LogP contribution in [0.25, 0.3) is 0 Å². The van der Waals surface area contributed by atoms with Crippen LogP contribution < -0.4 is 20.9 Å². The Balaban J connectivity index is 2.35. The molecule has 1 unspecified atom stereocenters. The summed E-state index contributed by atoms with van der Waals surface area (Å²) >= 11 is 0. The van der Waals surface area contributed by atoms with Crippen LogP contribution >= 0.6 is 0 Å². The number of hydrogen-bond donors (Lipinski definition) is 2. The molecule has 0 spiro atoms. The van der Waals surface area contributed by atoms with Crippen molar-refractivity contribution in [2.45, 2.75) is 6.04 Å². The van der Waals surface area contributed by atoms with Crippen LogP contribution in [0.4, 0.5) is 5.82 Å². The van der Waals surface area contributed by atoms with Crippen LogP contribution in [0.15, 0.2) is 11.1 Å². The number of ether oxygens (including phenoxy) is 1. The van der Waals surface area contributed by atoms with Gasteiger partial charge in [-0.2, -0.15) is 0 Å². The number of methoxy groups -OCH3 is 1. The maximum Gasteiger partial charge on any atom is 0.295 e. The van der Waals surface area contributed by atoms with Crippen molar-refractivity contribution in [3.8, 4) is 5.75 Å². The van der Waals surface area contributed by atoms with Crippen LogP contribution in [0.1, 0.15) is 0 Å². The first-order valence-electron chi connectivity index (χ1n) is 5.94. The van der Waals surface area contributed by atoms with E-state index in [-0.39, 0.29) is 17.4 Å². The molecule has 1 aromatic heterocycles. The SMILES string of the molecule is COc1c(N2CCN(C)CC2CN)nc[nH]c1=O. The molecule has 0 aromatic carbocycles. The second kappa shape index (κ2) is 5.36. The Kier molecular flexibility index (Phi) is 3.83. The van der Waals surface area contributed by atoms with E-state index in [1.165, 1.54) is 13.4 Å². The van der Waals surface area contributed by atoms with Crippen LogP contribution in [-0.4, -0.2) is 61.2 Å². The van der Waals surface area contributed by atoms with Crippen molar-refractivity contribution in [1.82, 2.24) is 14.9 Å². The Morgan fingerprint density at radius 3 is 3.06 bits per heavy atom. The number of piperazine rings is 1. The number of aromatic amines is 1. The molecule has 0 saturated carbocycles. The van der Waals surface area contributed by atoms with Crippen LogP contribution in [0.2, 0.25) is 0 Å². The third-order valence-electron chi connectivity index (χ3n) is 3.23. The number of H-pyrrole nitrogens is 1. The fraction of sp³-hybridized carbons (Fsp3) is 0.636. The lowest BCUT2D eigenvalue weighted by Gasteiger charge is -2.40. The largest absolute Gasteiger partial charge is 0.489 e. The first-order valence-corrected chi connectivity index (χ1v) is 5.94. The van der Waals surface area contributed by atoms with E-state index in [0.717, 1.165) is 19.6 Å². The van der Waals surface area contributed by atoms with Gasteiger partial charge in [0.2, 0.25) is 5.75 Å². The molecule has 0 radical (unpaired) electrons. The summed E-state index contributed by atoms with van der Waals surface area (Å²) in [6.07, 6.45) is 1.39. The second-order valence-electron chi connectivity index (χ2n) is 4.43. The molecular weight excluding hydrogens is 234 g/mol. The number of nitrogens with two attached hydrogens (primary N) is 1. The third-order valence-corrected chi connectivity index (χ3v) is 3.23. The summed E-state index contributed by atoms with van der Waals surface area (Å²) in [4.78, 5) is 22.7. The van der Waals surface area contributed by atoms with Gasteiger partial charge in [-0.3, -0.25) is 4.79 Å². The summed E-state index contributed by atoms with van der Waals surface area (Å²) in [6, 6.07) is 0.145. The third kappa shape index (κ3) is 2.32. The lowest BCUT2D eigenvalue weighted by molar-refractivity contribution is 0.267. The van der Waals surface area contributed by atoms with Crippen LogP contribution in [0.3, 0.4) is 0 Å². The van der Waals surface area contributed by atoms with E-state index in [2.05, 4.69) is 21.9 Å². The minimum Gasteiger partial charge on any atom is -0.489 e. The van der Waals surface area contributed by atoms with E-state index in [0.29, 0.717) is 12.4 Å². The molecule has 1 aromatic rings. The van der Waals surface area contributed by atoms with Crippen molar-refractivity contribution in [3.05, 3.63) is 16.7 Å². The van der Waals surface area contributed by atoms with Gasteiger partial charge in [-0.05, 0) is 7.05 Å². The highest BCUT2D eigenvalue weighted by molar-refractivity contribution is 5.52. The fourth-order valence-corrected chi connectivity index (χ4v) is 2.26. The molecule has 18 heavy (non-hydrogen) atoms. The maximum absolute atomic E-state index is 11.7. The zero-order chi connectivity index (χ0) is 13.1. The quantitative estimate of drug-likeness (QED) is 0.708. The van der Waals surface area contributed by atoms with E-state index in [4.69, 9.17) is 10.5 Å². The van der Waals surface area contributed by atoms with E-state index in [1.807, 2.05) is 4.90 Å². The smallest absolute Gasteiger partial charge is 0.295 e. The van der Waals surface area contributed by atoms with Crippen molar-refractivity contribution >= 4 is 5.82 Å². The topological polar surface area (TPSA) is 87.5 Å². The molecule has 1 fully saturated rings. The highest BCUT2D eigenvalue weighted by Crippen LogP contribution is 2.24. The molecule has 7 nitrogen and oxygen atoms in total. The van der Waals surface area contributed by atoms with Crippen molar-refractivity contribution in [1.29, 1.82) is 0 Å². The number of hydrogen-bond acceptors (Lipinski definition) is 6. The molecule has 0 amide bonds. The standard InChI is InChI=1S/C11H19N5O2/c1-15-3-4-16(8(5-12)6-15)10-9(18-2)11(17)14-7-13-10/h7-8H,3-6,12H2,1-2H3,(H,13,14,17). The zero-order valence-corrected chi connectivity index (χ0v) is 10.7. The monoisotopic (exact) mass is 253 g/mol. The summed E-state index contributed by atoms with van der Waals surface area (Å²) in [6.45, 7) is 3.06. The summed E-state index contributed by atoms with van der Waals surface area (Å²) in [5.74, 6) is 0.824. The van der Waals surface area contributed by atoms with Gasteiger partial charge in [-0.1, -0.05) is 0 Å². The fourth-order valence-electron chi connectivity index (χ4n) is 2.26.